The molecule has 0 N–H and O–H groups in total. The largest absolute Gasteiger partial charge is 0.418 e. The van der Waals surface area contributed by atoms with Crippen molar-refractivity contribution in [1.29, 1.82) is 0 Å². The number of carbonyl (C=O) groups is 1. The molecule has 0 radical (unpaired) electrons. The predicted octanol–water partition coefficient (Wildman–Crippen LogP) is 7.37. The molecule has 1 saturated heterocycles. The minimum atomic E-state index is -4.54. The molecule has 4 nitrogen and oxygen atoms in total. The molecule has 1 atom stereocenters. The summed E-state index contributed by atoms with van der Waals surface area (Å²) >= 11 is 3.43. The number of rotatable bonds is 5. The standard InChI is InChI=1S/C30H27BrF3N3O/c1-35(2)24-16-17-36(19-24)29(38)22-7-5-6-21(18-22)27-15-14-26(20-10-12-23(31)13-11-20)37(27)28-9-4-3-8-25(28)30(32,33)34/h3-15,18,24H,16-17,19H2,1-2H3/t24-/m0/s1. The maximum Gasteiger partial charge on any atom is 0.418 e. The second-order valence-corrected chi connectivity index (χ2v) is 10.6. The Labute approximate surface area is 228 Å². The molecule has 0 unspecified atom stereocenters. The first-order valence-corrected chi connectivity index (χ1v) is 13.1. The van der Waals surface area contributed by atoms with Gasteiger partial charge in [0.15, 0.2) is 0 Å². The van der Waals surface area contributed by atoms with Crippen molar-refractivity contribution < 1.29 is 18.0 Å². The van der Waals surface area contributed by atoms with Crippen molar-refractivity contribution in [3.05, 3.63) is 101 Å². The average molecular weight is 582 g/mol. The van der Waals surface area contributed by atoms with Crippen LogP contribution in [0, 0.1) is 0 Å². The summed E-state index contributed by atoms with van der Waals surface area (Å²) in [4.78, 5) is 17.3. The van der Waals surface area contributed by atoms with E-state index in [1.54, 1.807) is 28.8 Å². The Hall–Kier alpha value is -3.36. The molecular weight excluding hydrogens is 555 g/mol. The molecule has 196 valence electrons. The fraction of sp³-hybridized carbons (Fsp3) is 0.233. The van der Waals surface area contributed by atoms with Crippen LogP contribution in [0.2, 0.25) is 0 Å². The van der Waals surface area contributed by atoms with Gasteiger partial charge in [0.2, 0.25) is 0 Å². The van der Waals surface area contributed by atoms with Crippen LogP contribution in [0.15, 0.2) is 89.4 Å². The zero-order valence-electron chi connectivity index (χ0n) is 21.0. The Balaban J connectivity index is 1.62. The lowest BCUT2D eigenvalue weighted by atomic mass is 10.1. The van der Waals surface area contributed by atoms with Crippen LogP contribution in [0.25, 0.3) is 28.2 Å². The highest BCUT2D eigenvalue weighted by Crippen LogP contribution is 2.39. The summed E-state index contributed by atoms with van der Waals surface area (Å²) in [5.41, 5.74) is 2.45. The van der Waals surface area contributed by atoms with E-state index < -0.39 is 11.7 Å². The average Bonchev–Trinajstić information content (AvgIpc) is 3.57. The van der Waals surface area contributed by atoms with Gasteiger partial charge in [0.1, 0.15) is 0 Å². The van der Waals surface area contributed by atoms with Crippen LogP contribution >= 0.6 is 15.9 Å². The molecule has 8 heteroatoms. The Bertz CT molecular complexity index is 1460. The zero-order valence-corrected chi connectivity index (χ0v) is 22.6. The van der Waals surface area contributed by atoms with Crippen LogP contribution in [-0.4, -0.2) is 53.5 Å². The molecular formula is C30H27BrF3N3O. The van der Waals surface area contributed by atoms with Crippen molar-refractivity contribution in [2.24, 2.45) is 0 Å². The van der Waals surface area contributed by atoms with Gasteiger partial charge in [0.05, 0.1) is 22.6 Å². The molecule has 38 heavy (non-hydrogen) atoms. The Morgan fingerprint density at radius 1 is 0.895 bits per heavy atom. The zero-order chi connectivity index (χ0) is 27.0. The molecule has 1 aliphatic heterocycles. The summed E-state index contributed by atoms with van der Waals surface area (Å²) in [6, 6.07) is 24.1. The number of benzene rings is 3. The van der Waals surface area contributed by atoms with E-state index in [1.165, 1.54) is 12.1 Å². The van der Waals surface area contributed by atoms with E-state index in [-0.39, 0.29) is 11.6 Å². The number of halogens is 4. The van der Waals surface area contributed by atoms with E-state index in [4.69, 9.17) is 0 Å². The second-order valence-electron chi connectivity index (χ2n) is 9.70. The predicted molar refractivity (Wildman–Crippen MR) is 147 cm³/mol. The quantitative estimate of drug-likeness (QED) is 0.246. The fourth-order valence-corrected chi connectivity index (χ4v) is 5.28. The molecule has 2 heterocycles. The molecule has 4 aromatic rings. The van der Waals surface area contributed by atoms with E-state index in [0.29, 0.717) is 41.6 Å². The van der Waals surface area contributed by atoms with Crippen molar-refractivity contribution in [2.45, 2.75) is 18.6 Å². The highest BCUT2D eigenvalue weighted by Gasteiger charge is 2.35. The lowest BCUT2D eigenvalue weighted by molar-refractivity contribution is -0.137. The molecule has 0 saturated carbocycles. The SMILES string of the molecule is CN(C)[C@H]1CCN(C(=O)c2cccc(-c3ccc(-c4ccc(Br)cc4)n3-c3ccccc3C(F)(F)F)c2)C1. The lowest BCUT2D eigenvalue weighted by Gasteiger charge is -2.21. The molecule has 1 aliphatic rings. The van der Waals surface area contributed by atoms with Gasteiger partial charge in [0, 0.05) is 29.2 Å². The van der Waals surface area contributed by atoms with E-state index >= 15 is 0 Å². The minimum absolute atomic E-state index is 0.0306. The normalized spacial score (nSPS) is 15.9. The van der Waals surface area contributed by atoms with Crippen LogP contribution in [0.4, 0.5) is 13.2 Å². The highest BCUT2D eigenvalue weighted by atomic mass is 79.9. The molecule has 0 bridgehead atoms. The van der Waals surface area contributed by atoms with Crippen molar-refractivity contribution in [2.75, 3.05) is 27.2 Å². The lowest BCUT2D eigenvalue weighted by Crippen LogP contribution is -2.34. The summed E-state index contributed by atoms with van der Waals surface area (Å²) in [5, 5.41) is 0. The Morgan fingerprint density at radius 2 is 1.58 bits per heavy atom. The number of likely N-dealkylation sites (N-methyl/N-ethyl adjacent to an activating group) is 1. The van der Waals surface area contributed by atoms with Crippen LogP contribution in [0.3, 0.4) is 0 Å². The fourth-order valence-electron chi connectivity index (χ4n) is 5.02. The maximum atomic E-state index is 14.1. The third-order valence-corrected chi connectivity index (χ3v) is 7.59. The van der Waals surface area contributed by atoms with Crippen molar-refractivity contribution >= 4 is 21.8 Å². The highest BCUT2D eigenvalue weighted by molar-refractivity contribution is 9.10. The van der Waals surface area contributed by atoms with E-state index in [0.717, 1.165) is 22.5 Å². The van der Waals surface area contributed by atoms with Gasteiger partial charge in [-0.1, -0.05) is 52.3 Å². The number of nitrogens with zero attached hydrogens (tertiary/aromatic N) is 3. The van der Waals surface area contributed by atoms with Gasteiger partial charge in [-0.15, -0.1) is 0 Å². The molecule has 0 aliphatic carbocycles. The Kier molecular flexibility index (Phi) is 7.20. The molecule has 1 fully saturated rings. The van der Waals surface area contributed by atoms with Crippen molar-refractivity contribution in [3.8, 4) is 28.2 Å². The summed E-state index contributed by atoms with van der Waals surface area (Å²) in [6.45, 7) is 1.33. The Morgan fingerprint density at radius 3 is 2.24 bits per heavy atom. The van der Waals surface area contributed by atoms with Gasteiger partial charge in [0.25, 0.3) is 5.91 Å². The number of alkyl halides is 3. The number of carbonyl (C=O) groups excluding carboxylic acids is 1. The first-order valence-electron chi connectivity index (χ1n) is 12.3. The van der Waals surface area contributed by atoms with Gasteiger partial charge in [-0.3, -0.25) is 4.79 Å². The summed E-state index contributed by atoms with van der Waals surface area (Å²) in [7, 11) is 4.02. The third kappa shape index (κ3) is 5.15. The number of hydrogen-bond donors (Lipinski definition) is 0. The van der Waals surface area contributed by atoms with Gasteiger partial charge in [-0.25, -0.2) is 0 Å². The van der Waals surface area contributed by atoms with Crippen molar-refractivity contribution in [1.82, 2.24) is 14.4 Å². The van der Waals surface area contributed by atoms with Crippen molar-refractivity contribution in [3.63, 3.8) is 0 Å². The molecule has 1 amide bonds. The number of likely N-dealkylation sites (tertiary alicyclic amines) is 1. The number of para-hydroxylation sites is 1. The summed E-state index contributed by atoms with van der Waals surface area (Å²) in [6.07, 6.45) is -3.63. The second kappa shape index (κ2) is 10.4. The summed E-state index contributed by atoms with van der Waals surface area (Å²) < 4.78 is 44.9. The van der Waals surface area contributed by atoms with Crippen LogP contribution in [0.5, 0.6) is 0 Å². The van der Waals surface area contributed by atoms with E-state index in [9.17, 15) is 18.0 Å². The van der Waals surface area contributed by atoms with Gasteiger partial charge >= 0.3 is 6.18 Å². The first kappa shape index (κ1) is 26.3. The minimum Gasteiger partial charge on any atom is -0.337 e. The van der Waals surface area contributed by atoms with Crippen LogP contribution in [0.1, 0.15) is 22.3 Å². The van der Waals surface area contributed by atoms with Gasteiger partial charge < -0.3 is 14.4 Å². The third-order valence-electron chi connectivity index (χ3n) is 7.06. The molecule has 5 rings (SSSR count). The smallest absolute Gasteiger partial charge is 0.337 e. The maximum absolute atomic E-state index is 14.1. The van der Waals surface area contributed by atoms with E-state index in [1.807, 2.05) is 61.5 Å². The number of amides is 1. The topological polar surface area (TPSA) is 28.5 Å². The number of hydrogen-bond acceptors (Lipinski definition) is 2. The van der Waals surface area contributed by atoms with Gasteiger partial charge in [-0.2, -0.15) is 13.2 Å². The number of aromatic nitrogens is 1. The summed E-state index contributed by atoms with van der Waals surface area (Å²) in [5.74, 6) is -0.0712. The molecule has 0 spiro atoms. The first-order chi connectivity index (χ1) is 18.1. The van der Waals surface area contributed by atoms with E-state index in [2.05, 4.69) is 20.8 Å². The molecule has 3 aromatic carbocycles. The van der Waals surface area contributed by atoms with Gasteiger partial charge in [-0.05, 0) is 80.2 Å². The van der Waals surface area contributed by atoms with Crippen LogP contribution < -0.4 is 0 Å². The van der Waals surface area contributed by atoms with Crippen LogP contribution in [-0.2, 0) is 6.18 Å². The molecule has 1 aromatic heterocycles. The monoisotopic (exact) mass is 581 g/mol.